The van der Waals surface area contributed by atoms with Crippen LogP contribution in [0, 0.1) is 0 Å². The fourth-order valence-corrected chi connectivity index (χ4v) is 3.33. The van der Waals surface area contributed by atoms with Crippen molar-refractivity contribution in [1.29, 1.82) is 0 Å². The lowest BCUT2D eigenvalue weighted by Gasteiger charge is -2.23. The van der Waals surface area contributed by atoms with Gasteiger partial charge in [-0.05, 0) is 25.5 Å². The van der Waals surface area contributed by atoms with Gasteiger partial charge in [-0.2, -0.15) is 0 Å². The summed E-state index contributed by atoms with van der Waals surface area (Å²) in [7, 11) is 0. The van der Waals surface area contributed by atoms with Gasteiger partial charge < -0.3 is 10.6 Å². The number of benzene rings is 1. The summed E-state index contributed by atoms with van der Waals surface area (Å²) < 4.78 is 1.17. The first-order chi connectivity index (χ1) is 8.84. The van der Waals surface area contributed by atoms with Crippen molar-refractivity contribution in [2.75, 3.05) is 13.1 Å². The molecule has 0 aliphatic carbocycles. The zero-order valence-corrected chi connectivity index (χ0v) is 10.9. The molecule has 1 aromatic carbocycles. The molecule has 94 valence electrons. The average Bonchev–Trinajstić information content (AvgIpc) is 2.84. The van der Waals surface area contributed by atoms with E-state index in [0.29, 0.717) is 0 Å². The molecule has 1 aliphatic heterocycles. The predicted octanol–water partition coefficient (Wildman–Crippen LogP) is 2.38. The summed E-state index contributed by atoms with van der Waals surface area (Å²) in [5, 5.41) is 9.44. The Labute approximate surface area is 110 Å². The Balaban J connectivity index is 1.79. The third-order valence-corrected chi connectivity index (χ3v) is 4.32. The van der Waals surface area contributed by atoms with Crippen molar-refractivity contribution >= 4 is 27.3 Å². The van der Waals surface area contributed by atoms with Crippen molar-refractivity contribution < 1.29 is 4.79 Å². The number of fused-ring (bicyclic) bond motifs is 1. The number of amides is 1. The lowest BCUT2D eigenvalue weighted by molar-refractivity contribution is 0.0933. The molecule has 0 saturated carbocycles. The van der Waals surface area contributed by atoms with Crippen LogP contribution in [0.1, 0.15) is 23.2 Å². The minimum Gasteiger partial charge on any atom is -0.348 e. The van der Waals surface area contributed by atoms with Crippen LogP contribution in [-0.2, 0) is 0 Å². The van der Waals surface area contributed by atoms with Gasteiger partial charge in [0.15, 0.2) is 0 Å². The van der Waals surface area contributed by atoms with Crippen molar-refractivity contribution in [3.05, 3.63) is 35.2 Å². The van der Waals surface area contributed by atoms with Gasteiger partial charge in [-0.1, -0.05) is 18.2 Å². The molecule has 1 aliphatic rings. The average molecular weight is 260 g/mol. The number of rotatable bonds is 2. The van der Waals surface area contributed by atoms with E-state index < -0.39 is 0 Å². The molecule has 2 aromatic rings. The van der Waals surface area contributed by atoms with Crippen molar-refractivity contribution in [2.24, 2.45) is 0 Å². The van der Waals surface area contributed by atoms with E-state index in [4.69, 9.17) is 0 Å². The summed E-state index contributed by atoms with van der Waals surface area (Å²) >= 11 is 1.63. The van der Waals surface area contributed by atoms with Gasteiger partial charge in [-0.3, -0.25) is 4.79 Å². The van der Waals surface area contributed by atoms with Crippen LogP contribution in [0.5, 0.6) is 0 Å². The summed E-state index contributed by atoms with van der Waals surface area (Å²) in [6, 6.07) is 8.32. The first-order valence-corrected chi connectivity index (χ1v) is 7.20. The summed E-state index contributed by atoms with van der Waals surface area (Å²) in [5.41, 5.74) is 0.807. The molecule has 18 heavy (non-hydrogen) atoms. The van der Waals surface area contributed by atoms with E-state index in [1.54, 1.807) is 11.3 Å². The van der Waals surface area contributed by atoms with Gasteiger partial charge in [0.1, 0.15) is 0 Å². The highest BCUT2D eigenvalue weighted by molar-refractivity contribution is 7.17. The molecule has 0 spiro atoms. The fourth-order valence-electron chi connectivity index (χ4n) is 2.39. The summed E-state index contributed by atoms with van der Waals surface area (Å²) in [4.78, 5) is 12.3. The van der Waals surface area contributed by atoms with Gasteiger partial charge in [0.25, 0.3) is 5.91 Å². The van der Waals surface area contributed by atoms with Crippen molar-refractivity contribution in [3.63, 3.8) is 0 Å². The van der Waals surface area contributed by atoms with Crippen molar-refractivity contribution in [3.8, 4) is 0 Å². The summed E-state index contributed by atoms with van der Waals surface area (Å²) in [6.45, 7) is 1.95. The third-order valence-electron chi connectivity index (χ3n) is 3.36. The van der Waals surface area contributed by atoms with Crippen LogP contribution in [0.2, 0.25) is 0 Å². The molecule has 2 heterocycles. The first-order valence-electron chi connectivity index (χ1n) is 6.32. The molecule has 4 heteroatoms. The fraction of sp³-hybridized carbons (Fsp3) is 0.357. The van der Waals surface area contributed by atoms with E-state index in [2.05, 4.69) is 16.7 Å². The maximum absolute atomic E-state index is 12.3. The maximum atomic E-state index is 12.3. The Morgan fingerprint density at radius 1 is 1.39 bits per heavy atom. The van der Waals surface area contributed by atoms with E-state index in [1.165, 1.54) is 4.70 Å². The van der Waals surface area contributed by atoms with Crippen molar-refractivity contribution in [1.82, 2.24) is 10.6 Å². The number of hydrogen-bond acceptors (Lipinski definition) is 3. The zero-order chi connectivity index (χ0) is 12.4. The Morgan fingerprint density at radius 3 is 3.11 bits per heavy atom. The van der Waals surface area contributed by atoms with Crippen LogP contribution in [-0.4, -0.2) is 25.0 Å². The Hall–Kier alpha value is -1.39. The molecule has 2 N–H and O–H groups in total. The number of carbonyl (C=O) groups is 1. The van der Waals surface area contributed by atoms with Gasteiger partial charge in [0.05, 0.1) is 5.56 Å². The van der Waals surface area contributed by atoms with Crippen LogP contribution in [0.15, 0.2) is 29.6 Å². The van der Waals surface area contributed by atoms with Crippen LogP contribution in [0.4, 0.5) is 0 Å². The highest BCUT2D eigenvalue weighted by atomic mass is 32.1. The van der Waals surface area contributed by atoms with Gasteiger partial charge >= 0.3 is 0 Å². The standard InChI is InChI=1S/C14H16N2OS/c17-14(16-10-4-3-7-15-8-10)12-9-18-13-6-2-1-5-11(12)13/h1-2,5-6,9-10,15H,3-4,7-8H2,(H,16,17)/t10-/m1/s1. The quantitative estimate of drug-likeness (QED) is 0.870. The Morgan fingerprint density at radius 2 is 2.28 bits per heavy atom. The molecular weight excluding hydrogens is 244 g/mol. The normalized spacial score (nSPS) is 19.9. The number of carbonyl (C=O) groups excluding carboxylic acids is 1. The molecule has 0 bridgehead atoms. The van der Waals surface area contributed by atoms with Crippen LogP contribution < -0.4 is 10.6 Å². The molecule has 1 saturated heterocycles. The molecule has 1 aromatic heterocycles. The van der Waals surface area contributed by atoms with Crippen LogP contribution >= 0.6 is 11.3 Å². The first kappa shape index (κ1) is 11.7. The Bertz CT molecular complexity index is 558. The molecule has 3 rings (SSSR count). The van der Waals surface area contributed by atoms with E-state index in [-0.39, 0.29) is 11.9 Å². The number of piperidine rings is 1. The largest absolute Gasteiger partial charge is 0.348 e. The van der Waals surface area contributed by atoms with Crippen LogP contribution in [0.3, 0.4) is 0 Å². The second kappa shape index (κ2) is 5.08. The summed E-state index contributed by atoms with van der Waals surface area (Å²) in [5.74, 6) is 0.0566. The smallest absolute Gasteiger partial charge is 0.253 e. The zero-order valence-electron chi connectivity index (χ0n) is 10.1. The molecular formula is C14H16N2OS. The minimum absolute atomic E-state index is 0.0566. The number of hydrogen-bond donors (Lipinski definition) is 2. The van der Waals surface area contributed by atoms with Crippen molar-refractivity contribution in [2.45, 2.75) is 18.9 Å². The molecule has 0 unspecified atom stereocenters. The third kappa shape index (κ3) is 2.26. The number of thiophene rings is 1. The molecule has 0 radical (unpaired) electrons. The highest BCUT2D eigenvalue weighted by Gasteiger charge is 2.18. The lowest BCUT2D eigenvalue weighted by atomic mass is 10.1. The summed E-state index contributed by atoms with van der Waals surface area (Å²) in [6.07, 6.45) is 2.20. The maximum Gasteiger partial charge on any atom is 0.253 e. The van der Waals surface area contributed by atoms with E-state index in [1.807, 2.05) is 23.6 Å². The van der Waals surface area contributed by atoms with Crippen LogP contribution in [0.25, 0.3) is 10.1 Å². The minimum atomic E-state index is 0.0566. The van der Waals surface area contributed by atoms with E-state index >= 15 is 0 Å². The molecule has 1 fully saturated rings. The lowest BCUT2D eigenvalue weighted by Crippen LogP contribution is -2.45. The van der Waals surface area contributed by atoms with Gasteiger partial charge in [0, 0.05) is 28.1 Å². The highest BCUT2D eigenvalue weighted by Crippen LogP contribution is 2.25. The van der Waals surface area contributed by atoms with E-state index in [0.717, 1.165) is 36.9 Å². The van der Waals surface area contributed by atoms with E-state index in [9.17, 15) is 4.79 Å². The SMILES string of the molecule is O=C(N[C@@H]1CCCNC1)c1csc2ccccc12. The molecule has 3 nitrogen and oxygen atoms in total. The Kier molecular flexibility index (Phi) is 3.30. The van der Waals surface area contributed by atoms with Gasteiger partial charge in [-0.25, -0.2) is 0 Å². The second-order valence-electron chi connectivity index (χ2n) is 4.66. The molecule has 1 atom stereocenters. The molecule has 1 amide bonds. The van der Waals surface area contributed by atoms with Gasteiger partial charge in [-0.15, -0.1) is 11.3 Å². The second-order valence-corrected chi connectivity index (χ2v) is 5.57. The predicted molar refractivity (Wildman–Crippen MR) is 75.2 cm³/mol. The van der Waals surface area contributed by atoms with Gasteiger partial charge in [0.2, 0.25) is 0 Å². The monoisotopic (exact) mass is 260 g/mol. The number of nitrogens with one attached hydrogen (secondary N) is 2. The topological polar surface area (TPSA) is 41.1 Å².